The summed E-state index contributed by atoms with van der Waals surface area (Å²) in [5.74, 6) is 1.42. The van der Waals surface area contributed by atoms with Crippen molar-refractivity contribution in [1.29, 1.82) is 0 Å². The van der Waals surface area contributed by atoms with E-state index in [2.05, 4.69) is 22.8 Å². The quantitative estimate of drug-likeness (QED) is 0.859. The number of nitrogens with one attached hydrogen (secondary N) is 2. The zero-order valence-corrected chi connectivity index (χ0v) is 11.2. The second-order valence-electron chi connectivity index (χ2n) is 5.08. The first-order chi connectivity index (χ1) is 8.81. The molecule has 2 aliphatic heterocycles. The van der Waals surface area contributed by atoms with Crippen LogP contribution in [-0.4, -0.2) is 24.7 Å². The van der Waals surface area contributed by atoms with Crippen molar-refractivity contribution in [3.05, 3.63) is 23.8 Å². The molecule has 3 rings (SSSR count). The minimum atomic E-state index is 0.108. The molecule has 0 spiro atoms. The van der Waals surface area contributed by atoms with E-state index in [1.165, 1.54) is 29.8 Å². The predicted molar refractivity (Wildman–Crippen MR) is 75.1 cm³/mol. The fourth-order valence-corrected chi connectivity index (χ4v) is 3.55. The average Bonchev–Trinajstić information content (AvgIpc) is 2.40. The summed E-state index contributed by atoms with van der Waals surface area (Å²) in [7, 11) is 0. The van der Waals surface area contributed by atoms with Gasteiger partial charge in [-0.15, -0.1) is 11.8 Å². The molecule has 2 aliphatic rings. The summed E-state index contributed by atoms with van der Waals surface area (Å²) in [6.45, 7) is 2.31. The van der Waals surface area contributed by atoms with Gasteiger partial charge in [-0.1, -0.05) is 6.07 Å². The summed E-state index contributed by atoms with van der Waals surface area (Å²) < 4.78 is 0. The normalized spacial score (nSPS) is 23.3. The first kappa shape index (κ1) is 12.1. The van der Waals surface area contributed by atoms with Crippen molar-refractivity contribution in [2.75, 3.05) is 24.2 Å². The molecule has 1 unspecified atom stereocenters. The van der Waals surface area contributed by atoms with Crippen LogP contribution in [-0.2, 0) is 11.2 Å². The minimum absolute atomic E-state index is 0.108. The van der Waals surface area contributed by atoms with Crippen molar-refractivity contribution in [2.24, 2.45) is 5.92 Å². The van der Waals surface area contributed by atoms with E-state index in [-0.39, 0.29) is 5.91 Å². The van der Waals surface area contributed by atoms with Crippen LogP contribution in [0.4, 0.5) is 5.69 Å². The summed E-state index contributed by atoms with van der Waals surface area (Å²) >= 11 is 1.65. The molecule has 0 saturated carbocycles. The van der Waals surface area contributed by atoms with Gasteiger partial charge in [-0.2, -0.15) is 0 Å². The Morgan fingerprint density at radius 2 is 2.33 bits per heavy atom. The van der Waals surface area contributed by atoms with Crippen molar-refractivity contribution < 1.29 is 4.79 Å². The van der Waals surface area contributed by atoms with Gasteiger partial charge in [-0.25, -0.2) is 0 Å². The molecule has 4 heteroatoms. The van der Waals surface area contributed by atoms with Gasteiger partial charge >= 0.3 is 0 Å². The van der Waals surface area contributed by atoms with E-state index in [0.29, 0.717) is 5.75 Å². The first-order valence-corrected chi connectivity index (χ1v) is 7.56. The number of piperidine rings is 1. The lowest BCUT2D eigenvalue weighted by atomic mass is 9.92. The molecule has 3 nitrogen and oxygen atoms in total. The standard InChI is InChI=1S/C14H18N2OS/c17-14-9-18-13-7-10(3-4-12(13)16-14)6-11-2-1-5-15-8-11/h3-4,7,11,15H,1-2,5-6,8-9H2,(H,16,17). The molecule has 1 saturated heterocycles. The molecule has 18 heavy (non-hydrogen) atoms. The third-order valence-electron chi connectivity index (χ3n) is 3.60. The molecule has 0 aliphatic carbocycles. The molecular formula is C14H18N2OS. The molecule has 0 aromatic heterocycles. The van der Waals surface area contributed by atoms with E-state index >= 15 is 0 Å². The van der Waals surface area contributed by atoms with Gasteiger partial charge < -0.3 is 10.6 Å². The van der Waals surface area contributed by atoms with Crippen LogP contribution in [0.25, 0.3) is 0 Å². The fourth-order valence-electron chi connectivity index (χ4n) is 2.68. The van der Waals surface area contributed by atoms with Crippen LogP contribution in [0, 0.1) is 5.92 Å². The van der Waals surface area contributed by atoms with Gasteiger partial charge in [0.25, 0.3) is 0 Å². The summed E-state index contributed by atoms with van der Waals surface area (Å²) in [5.41, 5.74) is 2.37. The third kappa shape index (κ3) is 2.70. The van der Waals surface area contributed by atoms with Crippen LogP contribution in [0.15, 0.2) is 23.1 Å². The maximum absolute atomic E-state index is 11.3. The van der Waals surface area contributed by atoms with E-state index in [9.17, 15) is 4.79 Å². The number of hydrogen-bond acceptors (Lipinski definition) is 3. The molecule has 1 aromatic carbocycles. The van der Waals surface area contributed by atoms with E-state index in [0.717, 1.165) is 24.6 Å². The molecule has 1 fully saturated rings. The highest BCUT2D eigenvalue weighted by molar-refractivity contribution is 8.00. The van der Waals surface area contributed by atoms with Gasteiger partial charge in [0.2, 0.25) is 5.91 Å². The van der Waals surface area contributed by atoms with E-state index in [4.69, 9.17) is 0 Å². The number of hydrogen-bond donors (Lipinski definition) is 2. The Kier molecular flexibility index (Phi) is 3.57. The Morgan fingerprint density at radius 1 is 1.39 bits per heavy atom. The van der Waals surface area contributed by atoms with Gasteiger partial charge in [0.1, 0.15) is 0 Å². The van der Waals surface area contributed by atoms with E-state index < -0.39 is 0 Å². The molecule has 1 amide bonds. The molecule has 1 atom stereocenters. The van der Waals surface area contributed by atoms with Crippen LogP contribution in [0.5, 0.6) is 0 Å². The fraction of sp³-hybridized carbons (Fsp3) is 0.500. The molecular weight excluding hydrogens is 244 g/mol. The number of thioether (sulfide) groups is 1. The van der Waals surface area contributed by atoms with Crippen molar-refractivity contribution in [3.8, 4) is 0 Å². The lowest BCUT2D eigenvalue weighted by Crippen LogP contribution is -2.30. The Morgan fingerprint density at radius 3 is 3.17 bits per heavy atom. The van der Waals surface area contributed by atoms with Gasteiger partial charge in [-0.3, -0.25) is 4.79 Å². The van der Waals surface area contributed by atoms with Crippen molar-refractivity contribution in [3.63, 3.8) is 0 Å². The van der Waals surface area contributed by atoms with E-state index in [1.807, 2.05) is 6.07 Å². The Labute approximate surface area is 112 Å². The van der Waals surface area contributed by atoms with Crippen LogP contribution < -0.4 is 10.6 Å². The second kappa shape index (κ2) is 5.33. The second-order valence-corrected chi connectivity index (χ2v) is 6.10. The van der Waals surface area contributed by atoms with E-state index in [1.54, 1.807) is 11.8 Å². The number of fused-ring (bicyclic) bond motifs is 1. The number of carbonyl (C=O) groups excluding carboxylic acids is 1. The summed E-state index contributed by atoms with van der Waals surface area (Å²) in [6, 6.07) is 6.44. The summed E-state index contributed by atoms with van der Waals surface area (Å²) in [4.78, 5) is 12.5. The lowest BCUT2D eigenvalue weighted by molar-refractivity contribution is -0.113. The Hall–Kier alpha value is -1.00. The van der Waals surface area contributed by atoms with Gasteiger partial charge in [0.15, 0.2) is 0 Å². The molecule has 2 N–H and O–H groups in total. The van der Waals surface area contributed by atoms with Crippen LogP contribution in [0.2, 0.25) is 0 Å². The maximum atomic E-state index is 11.3. The monoisotopic (exact) mass is 262 g/mol. The zero-order valence-electron chi connectivity index (χ0n) is 10.4. The van der Waals surface area contributed by atoms with Gasteiger partial charge in [0, 0.05) is 4.90 Å². The number of carbonyl (C=O) groups is 1. The molecule has 0 radical (unpaired) electrons. The summed E-state index contributed by atoms with van der Waals surface area (Å²) in [5, 5.41) is 6.38. The maximum Gasteiger partial charge on any atom is 0.234 e. The summed E-state index contributed by atoms with van der Waals surface area (Å²) in [6.07, 6.45) is 3.77. The smallest absolute Gasteiger partial charge is 0.234 e. The third-order valence-corrected chi connectivity index (χ3v) is 4.66. The number of amides is 1. The van der Waals surface area contributed by atoms with Crippen molar-refractivity contribution in [1.82, 2.24) is 5.32 Å². The van der Waals surface area contributed by atoms with Gasteiger partial charge in [0.05, 0.1) is 11.4 Å². The first-order valence-electron chi connectivity index (χ1n) is 6.57. The molecule has 0 bridgehead atoms. The number of benzene rings is 1. The Balaban J connectivity index is 1.71. The molecule has 2 heterocycles. The predicted octanol–water partition coefficient (Wildman–Crippen LogP) is 2.27. The van der Waals surface area contributed by atoms with Crippen LogP contribution in [0.1, 0.15) is 18.4 Å². The molecule has 1 aromatic rings. The van der Waals surface area contributed by atoms with Crippen molar-refractivity contribution >= 4 is 23.4 Å². The highest BCUT2D eigenvalue weighted by atomic mass is 32.2. The Bertz CT molecular complexity index is 455. The van der Waals surface area contributed by atoms with Crippen LogP contribution in [0.3, 0.4) is 0 Å². The topological polar surface area (TPSA) is 41.1 Å². The zero-order chi connectivity index (χ0) is 12.4. The van der Waals surface area contributed by atoms with Gasteiger partial charge in [-0.05, 0) is 56.0 Å². The molecule has 96 valence electrons. The number of anilines is 1. The largest absolute Gasteiger partial charge is 0.324 e. The highest BCUT2D eigenvalue weighted by Gasteiger charge is 2.17. The highest BCUT2D eigenvalue weighted by Crippen LogP contribution is 2.32. The van der Waals surface area contributed by atoms with Crippen molar-refractivity contribution in [2.45, 2.75) is 24.2 Å². The lowest BCUT2D eigenvalue weighted by Gasteiger charge is -2.23. The number of rotatable bonds is 2. The SMILES string of the molecule is O=C1CSc2cc(CC3CCCNC3)ccc2N1. The van der Waals surface area contributed by atoms with Crippen LogP contribution >= 0.6 is 11.8 Å². The average molecular weight is 262 g/mol. The minimum Gasteiger partial charge on any atom is -0.324 e.